The fourth-order valence-corrected chi connectivity index (χ4v) is 2.00. The van der Waals surface area contributed by atoms with E-state index in [2.05, 4.69) is 15.1 Å². The van der Waals surface area contributed by atoms with E-state index < -0.39 is 10.0 Å². The van der Waals surface area contributed by atoms with E-state index in [1.807, 2.05) is 0 Å². The van der Waals surface area contributed by atoms with Crippen molar-refractivity contribution in [2.75, 3.05) is 26.4 Å². The van der Waals surface area contributed by atoms with E-state index in [0.29, 0.717) is 25.1 Å². The molecule has 0 aromatic carbocycles. The summed E-state index contributed by atoms with van der Waals surface area (Å²) in [6.07, 6.45) is 2.17. The van der Waals surface area contributed by atoms with Gasteiger partial charge in [-0.15, -0.1) is 0 Å². The molecule has 0 aromatic heterocycles. The van der Waals surface area contributed by atoms with Gasteiger partial charge in [-0.3, -0.25) is 9.59 Å². The molecule has 2 N–H and O–H groups in total. The predicted octanol–water partition coefficient (Wildman–Crippen LogP) is -1.35. The summed E-state index contributed by atoms with van der Waals surface area (Å²) in [5.41, 5.74) is 0.318. The number of amides is 2. The van der Waals surface area contributed by atoms with Gasteiger partial charge in [0.05, 0.1) is 6.26 Å². The quantitative estimate of drug-likeness (QED) is 0.590. The van der Waals surface area contributed by atoms with Gasteiger partial charge in [0.1, 0.15) is 5.71 Å². The molecule has 9 heteroatoms. The van der Waals surface area contributed by atoms with E-state index in [0.717, 1.165) is 11.3 Å². The lowest BCUT2D eigenvalue weighted by atomic mass is 10.1. The predicted molar refractivity (Wildman–Crippen MR) is 69.9 cm³/mol. The number of sulfonamides is 1. The molecule has 8 nitrogen and oxygen atoms in total. The highest BCUT2D eigenvalue weighted by atomic mass is 32.2. The molecule has 0 fully saturated rings. The van der Waals surface area contributed by atoms with Gasteiger partial charge < -0.3 is 5.32 Å². The highest BCUT2D eigenvalue weighted by Crippen LogP contribution is 2.06. The van der Waals surface area contributed by atoms with Gasteiger partial charge >= 0.3 is 0 Å². The van der Waals surface area contributed by atoms with Gasteiger partial charge in [0.25, 0.3) is 5.91 Å². The maximum Gasteiger partial charge on any atom is 0.267 e. The Morgan fingerprint density at radius 3 is 2.63 bits per heavy atom. The first-order valence-corrected chi connectivity index (χ1v) is 7.75. The third-order valence-electron chi connectivity index (χ3n) is 2.47. The molecule has 0 atom stereocenters. The first-order chi connectivity index (χ1) is 8.79. The van der Waals surface area contributed by atoms with Crippen molar-refractivity contribution in [3.8, 4) is 0 Å². The summed E-state index contributed by atoms with van der Waals surface area (Å²) in [6.45, 7) is 0.613. The summed E-state index contributed by atoms with van der Waals surface area (Å²) >= 11 is 0. The van der Waals surface area contributed by atoms with Crippen LogP contribution in [0.3, 0.4) is 0 Å². The highest BCUT2D eigenvalue weighted by Gasteiger charge is 2.21. The van der Waals surface area contributed by atoms with Crippen molar-refractivity contribution < 1.29 is 18.0 Å². The molecule has 0 unspecified atom stereocenters. The van der Waals surface area contributed by atoms with Crippen molar-refractivity contribution in [2.45, 2.75) is 19.3 Å². The highest BCUT2D eigenvalue weighted by molar-refractivity contribution is 7.88. The molecule has 108 valence electrons. The standard InChI is InChI=1S/C10H18N4O4S/c1-14-9(15)5-4-8(13-14)10(16)11-6-3-7-12-19(2,17)18/h12H,3-7H2,1-2H3,(H,11,16). The van der Waals surface area contributed by atoms with Crippen LogP contribution in [0.5, 0.6) is 0 Å². The molecule has 0 aliphatic carbocycles. The maximum absolute atomic E-state index is 11.7. The number of nitrogens with zero attached hydrogens (tertiary/aromatic N) is 2. The minimum Gasteiger partial charge on any atom is -0.351 e. The smallest absolute Gasteiger partial charge is 0.267 e. The molecule has 0 saturated heterocycles. The molecule has 1 aliphatic rings. The summed E-state index contributed by atoms with van der Waals surface area (Å²) in [4.78, 5) is 22.9. The first-order valence-electron chi connectivity index (χ1n) is 5.86. The number of nitrogens with one attached hydrogen (secondary N) is 2. The fraction of sp³-hybridized carbons (Fsp3) is 0.700. The number of hydrazone groups is 1. The third kappa shape index (κ3) is 5.79. The molecule has 0 radical (unpaired) electrons. The van der Waals surface area contributed by atoms with E-state index in [-0.39, 0.29) is 24.8 Å². The molecule has 0 bridgehead atoms. The Hall–Kier alpha value is -1.48. The molecule has 0 saturated carbocycles. The summed E-state index contributed by atoms with van der Waals surface area (Å²) in [7, 11) is -1.68. The van der Waals surface area contributed by atoms with E-state index >= 15 is 0 Å². The Kier molecular flexibility index (Phi) is 5.43. The number of hydrogen-bond acceptors (Lipinski definition) is 5. The Morgan fingerprint density at radius 1 is 1.37 bits per heavy atom. The Morgan fingerprint density at radius 2 is 2.05 bits per heavy atom. The van der Waals surface area contributed by atoms with Crippen molar-refractivity contribution in [3.63, 3.8) is 0 Å². The van der Waals surface area contributed by atoms with Crippen LogP contribution in [0.1, 0.15) is 19.3 Å². The van der Waals surface area contributed by atoms with Crippen molar-refractivity contribution in [1.82, 2.24) is 15.0 Å². The molecular weight excluding hydrogens is 272 g/mol. The second kappa shape index (κ2) is 6.62. The fourth-order valence-electron chi connectivity index (χ4n) is 1.48. The van der Waals surface area contributed by atoms with Crippen molar-refractivity contribution in [2.24, 2.45) is 5.10 Å². The molecule has 2 amide bonds. The Bertz CT molecular complexity index is 486. The topological polar surface area (TPSA) is 108 Å². The number of carbonyl (C=O) groups is 2. The summed E-state index contributed by atoms with van der Waals surface area (Å²) < 4.78 is 23.9. The lowest BCUT2D eigenvalue weighted by Gasteiger charge is -2.18. The normalized spacial score (nSPS) is 16.2. The van der Waals surface area contributed by atoms with Crippen molar-refractivity contribution in [3.05, 3.63) is 0 Å². The van der Waals surface area contributed by atoms with E-state index in [1.54, 1.807) is 0 Å². The van der Waals surface area contributed by atoms with E-state index in [4.69, 9.17) is 0 Å². The van der Waals surface area contributed by atoms with E-state index in [1.165, 1.54) is 7.05 Å². The molecule has 1 rings (SSSR count). The van der Waals surface area contributed by atoms with Crippen LogP contribution in [0.4, 0.5) is 0 Å². The molecule has 19 heavy (non-hydrogen) atoms. The first kappa shape index (κ1) is 15.6. The summed E-state index contributed by atoms with van der Waals surface area (Å²) in [5.74, 6) is -0.437. The van der Waals surface area contributed by atoms with Gasteiger partial charge in [0, 0.05) is 33.0 Å². The van der Waals surface area contributed by atoms with Crippen molar-refractivity contribution >= 4 is 27.5 Å². The number of hydrogen-bond donors (Lipinski definition) is 2. The zero-order valence-corrected chi connectivity index (χ0v) is 11.8. The second-order valence-electron chi connectivity index (χ2n) is 4.24. The summed E-state index contributed by atoms with van der Waals surface area (Å²) in [6, 6.07) is 0. The van der Waals surface area contributed by atoms with Crippen LogP contribution in [0, 0.1) is 0 Å². The van der Waals surface area contributed by atoms with Gasteiger partial charge in [-0.2, -0.15) is 5.10 Å². The largest absolute Gasteiger partial charge is 0.351 e. The molecule has 1 aliphatic heterocycles. The van der Waals surface area contributed by atoms with Gasteiger partial charge in [-0.05, 0) is 6.42 Å². The number of carbonyl (C=O) groups excluding carboxylic acids is 2. The van der Waals surface area contributed by atoms with Crippen molar-refractivity contribution in [1.29, 1.82) is 0 Å². The Balaban J connectivity index is 2.29. The van der Waals surface area contributed by atoms with Crippen LogP contribution in [0.2, 0.25) is 0 Å². The van der Waals surface area contributed by atoms with Gasteiger partial charge in [0.2, 0.25) is 15.9 Å². The van der Waals surface area contributed by atoms with Crippen LogP contribution in [-0.4, -0.2) is 57.3 Å². The lowest BCUT2D eigenvalue weighted by molar-refractivity contribution is -0.130. The summed E-state index contributed by atoms with van der Waals surface area (Å²) in [5, 5.41) is 7.67. The average Bonchev–Trinajstić information content (AvgIpc) is 2.30. The average molecular weight is 290 g/mol. The van der Waals surface area contributed by atoms with Gasteiger partial charge in [-0.1, -0.05) is 0 Å². The van der Waals surface area contributed by atoms with Crippen LogP contribution < -0.4 is 10.0 Å². The molecule has 1 heterocycles. The third-order valence-corrected chi connectivity index (χ3v) is 3.20. The maximum atomic E-state index is 11.7. The van der Waals surface area contributed by atoms with Crippen LogP contribution >= 0.6 is 0 Å². The second-order valence-corrected chi connectivity index (χ2v) is 6.07. The zero-order valence-electron chi connectivity index (χ0n) is 11.0. The minimum atomic E-state index is -3.19. The minimum absolute atomic E-state index is 0.117. The molecule has 0 spiro atoms. The van der Waals surface area contributed by atoms with Gasteiger partial charge in [0.15, 0.2) is 0 Å². The monoisotopic (exact) mass is 290 g/mol. The van der Waals surface area contributed by atoms with Crippen LogP contribution in [0.15, 0.2) is 5.10 Å². The lowest BCUT2D eigenvalue weighted by Crippen LogP contribution is -2.38. The number of rotatable bonds is 6. The van der Waals surface area contributed by atoms with Crippen LogP contribution in [0.25, 0.3) is 0 Å². The molecule has 0 aromatic rings. The van der Waals surface area contributed by atoms with Crippen LogP contribution in [-0.2, 0) is 19.6 Å². The Labute approximate surface area is 112 Å². The zero-order chi connectivity index (χ0) is 14.5. The molecular formula is C10H18N4O4S. The SMILES string of the molecule is CN1N=C(C(=O)NCCCNS(C)(=O)=O)CCC1=O. The van der Waals surface area contributed by atoms with Gasteiger partial charge in [-0.25, -0.2) is 18.1 Å². The van der Waals surface area contributed by atoms with E-state index in [9.17, 15) is 18.0 Å².